The van der Waals surface area contributed by atoms with Crippen molar-refractivity contribution < 1.29 is 18.0 Å². The van der Waals surface area contributed by atoms with E-state index in [2.05, 4.69) is 18.9 Å². The van der Waals surface area contributed by atoms with Crippen LogP contribution < -0.4 is 0 Å². The highest BCUT2D eigenvalue weighted by Crippen LogP contribution is 2.41. The van der Waals surface area contributed by atoms with Crippen molar-refractivity contribution in [1.82, 2.24) is 14.1 Å². The number of amides is 2. The van der Waals surface area contributed by atoms with Gasteiger partial charge in [0.25, 0.3) is 5.91 Å². The molecule has 0 radical (unpaired) electrons. The standard InChI is InChI=1S/C22H31N3O4S.ClH/c1-6-12-23(4)14-16-7-9-17(10-8-16)21(26)24-13-11-18-20(24)19(15(2)3)22(27)25(18)30(5,28)29;/h7-11,15,19-20H,6,12-14H2,1-5H3;1H/t19-,20+;/m1./s1. The maximum absolute atomic E-state index is 13.3. The second-order valence-electron chi connectivity index (χ2n) is 8.60. The maximum atomic E-state index is 13.3. The van der Waals surface area contributed by atoms with Gasteiger partial charge in [-0.05, 0) is 49.7 Å². The van der Waals surface area contributed by atoms with E-state index in [0.29, 0.717) is 17.8 Å². The minimum atomic E-state index is -3.74. The van der Waals surface area contributed by atoms with Crippen LogP contribution in [0.25, 0.3) is 0 Å². The summed E-state index contributed by atoms with van der Waals surface area (Å²) in [5.41, 5.74) is 2.08. The number of hydrogen-bond acceptors (Lipinski definition) is 5. The first-order valence-corrected chi connectivity index (χ1v) is 12.2. The number of sulfonamides is 1. The maximum Gasteiger partial charge on any atom is 0.254 e. The molecular weight excluding hydrogens is 438 g/mol. The fourth-order valence-corrected chi connectivity index (χ4v) is 5.48. The minimum absolute atomic E-state index is 0. The molecule has 0 unspecified atom stereocenters. The number of benzene rings is 1. The number of fused-ring (bicyclic) bond motifs is 1. The number of carbonyl (C=O) groups is 2. The molecule has 0 N–H and O–H groups in total. The molecule has 7 nitrogen and oxygen atoms in total. The van der Waals surface area contributed by atoms with Gasteiger partial charge in [-0.2, -0.15) is 0 Å². The molecule has 2 atom stereocenters. The summed E-state index contributed by atoms with van der Waals surface area (Å²) in [6.07, 6.45) is 3.81. The molecule has 1 saturated heterocycles. The second kappa shape index (κ2) is 9.71. The van der Waals surface area contributed by atoms with Crippen LogP contribution in [0.15, 0.2) is 36.0 Å². The minimum Gasteiger partial charge on any atom is -0.325 e. The lowest BCUT2D eigenvalue weighted by Gasteiger charge is -2.29. The van der Waals surface area contributed by atoms with Gasteiger partial charge < -0.3 is 9.80 Å². The molecule has 9 heteroatoms. The first-order valence-electron chi connectivity index (χ1n) is 10.4. The third-order valence-corrected chi connectivity index (χ3v) is 6.82. The topological polar surface area (TPSA) is 78.0 Å². The van der Waals surface area contributed by atoms with Crippen molar-refractivity contribution in [2.45, 2.75) is 39.8 Å². The predicted octanol–water partition coefficient (Wildman–Crippen LogP) is 2.73. The van der Waals surface area contributed by atoms with Gasteiger partial charge in [-0.3, -0.25) is 9.59 Å². The van der Waals surface area contributed by atoms with Crippen molar-refractivity contribution in [3.05, 3.63) is 47.2 Å². The lowest BCUT2D eigenvalue weighted by Crippen LogP contribution is -2.42. The van der Waals surface area contributed by atoms with E-state index in [1.54, 1.807) is 11.0 Å². The lowest BCUT2D eigenvalue weighted by atomic mass is 9.89. The Morgan fingerprint density at radius 2 is 1.84 bits per heavy atom. The highest BCUT2D eigenvalue weighted by atomic mass is 35.5. The van der Waals surface area contributed by atoms with Crippen LogP contribution in [0.2, 0.25) is 0 Å². The highest BCUT2D eigenvalue weighted by Gasteiger charge is 2.54. The van der Waals surface area contributed by atoms with Crippen molar-refractivity contribution in [2.75, 3.05) is 26.4 Å². The van der Waals surface area contributed by atoms with Crippen molar-refractivity contribution in [1.29, 1.82) is 0 Å². The summed E-state index contributed by atoms with van der Waals surface area (Å²) in [7, 11) is -1.67. The quantitative estimate of drug-likeness (QED) is 0.613. The average molecular weight is 470 g/mol. The zero-order valence-corrected chi connectivity index (χ0v) is 20.4. The van der Waals surface area contributed by atoms with Crippen LogP contribution >= 0.6 is 12.4 Å². The molecule has 3 rings (SSSR count). The Balaban J connectivity index is 0.00000341. The molecule has 0 aliphatic carbocycles. The molecular formula is C22H32ClN3O4S. The molecule has 0 bridgehead atoms. The van der Waals surface area contributed by atoms with Gasteiger partial charge >= 0.3 is 0 Å². The monoisotopic (exact) mass is 469 g/mol. The van der Waals surface area contributed by atoms with Crippen molar-refractivity contribution in [2.24, 2.45) is 11.8 Å². The summed E-state index contributed by atoms with van der Waals surface area (Å²) in [5.74, 6) is -1.30. The number of rotatable bonds is 7. The van der Waals surface area contributed by atoms with Gasteiger partial charge in [0.05, 0.1) is 23.9 Å². The van der Waals surface area contributed by atoms with Gasteiger partial charge in [0.15, 0.2) is 0 Å². The second-order valence-corrected chi connectivity index (χ2v) is 10.4. The zero-order valence-electron chi connectivity index (χ0n) is 18.7. The molecule has 0 aromatic heterocycles. The van der Waals surface area contributed by atoms with Crippen LogP contribution in [0.1, 0.15) is 43.1 Å². The van der Waals surface area contributed by atoms with Gasteiger partial charge in [0.1, 0.15) is 0 Å². The normalized spacial score (nSPS) is 20.9. The van der Waals surface area contributed by atoms with E-state index in [9.17, 15) is 18.0 Å². The van der Waals surface area contributed by atoms with E-state index < -0.39 is 27.9 Å². The Hall–Kier alpha value is -1.90. The predicted molar refractivity (Wildman–Crippen MR) is 123 cm³/mol. The van der Waals surface area contributed by atoms with E-state index in [0.717, 1.165) is 35.6 Å². The molecule has 1 fully saturated rings. The van der Waals surface area contributed by atoms with Gasteiger partial charge in [0, 0.05) is 18.7 Å². The molecule has 2 aliphatic rings. The van der Waals surface area contributed by atoms with Crippen LogP contribution in [0, 0.1) is 11.8 Å². The summed E-state index contributed by atoms with van der Waals surface area (Å²) < 4.78 is 25.4. The Labute approximate surface area is 191 Å². The van der Waals surface area contributed by atoms with E-state index in [-0.39, 0.29) is 24.2 Å². The van der Waals surface area contributed by atoms with Crippen molar-refractivity contribution in [3.8, 4) is 0 Å². The van der Waals surface area contributed by atoms with Crippen LogP contribution in [0.3, 0.4) is 0 Å². The molecule has 2 aliphatic heterocycles. The molecule has 0 saturated carbocycles. The fourth-order valence-electron chi connectivity index (χ4n) is 4.47. The van der Waals surface area contributed by atoms with Crippen LogP contribution in [-0.2, 0) is 21.4 Å². The van der Waals surface area contributed by atoms with E-state index >= 15 is 0 Å². The first-order chi connectivity index (χ1) is 14.1. The van der Waals surface area contributed by atoms with E-state index in [1.165, 1.54) is 0 Å². The summed E-state index contributed by atoms with van der Waals surface area (Å²) in [6, 6.07) is 6.98. The smallest absolute Gasteiger partial charge is 0.254 e. The molecule has 31 heavy (non-hydrogen) atoms. The van der Waals surface area contributed by atoms with Gasteiger partial charge in [0.2, 0.25) is 15.9 Å². The number of nitrogens with zero attached hydrogens (tertiary/aromatic N) is 3. The third-order valence-electron chi connectivity index (χ3n) is 5.77. The van der Waals surface area contributed by atoms with Gasteiger partial charge in [-0.25, -0.2) is 12.7 Å². The largest absolute Gasteiger partial charge is 0.325 e. The van der Waals surface area contributed by atoms with E-state index in [1.807, 2.05) is 38.1 Å². The Morgan fingerprint density at radius 1 is 1.23 bits per heavy atom. The van der Waals surface area contributed by atoms with Crippen molar-refractivity contribution in [3.63, 3.8) is 0 Å². The number of hydrogen-bond donors (Lipinski definition) is 0. The highest BCUT2D eigenvalue weighted by molar-refractivity contribution is 7.89. The lowest BCUT2D eigenvalue weighted by molar-refractivity contribution is -0.128. The average Bonchev–Trinajstić information content (AvgIpc) is 3.17. The first kappa shape index (κ1) is 25.4. The summed E-state index contributed by atoms with van der Waals surface area (Å²) in [4.78, 5) is 30.0. The Morgan fingerprint density at radius 3 is 2.35 bits per heavy atom. The van der Waals surface area contributed by atoms with Crippen LogP contribution in [-0.4, -0.2) is 66.8 Å². The van der Waals surface area contributed by atoms with Gasteiger partial charge in [-0.15, -0.1) is 12.4 Å². The van der Waals surface area contributed by atoms with Gasteiger partial charge in [-0.1, -0.05) is 32.9 Å². The number of carbonyl (C=O) groups excluding carboxylic acids is 2. The fraction of sp³-hybridized carbons (Fsp3) is 0.545. The Bertz CT molecular complexity index is 959. The van der Waals surface area contributed by atoms with E-state index in [4.69, 9.17) is 0 Å². The molecule has 172 valence electrons. The Kier molecular flexibility index (Phi) is 7.94. The molecule has 0 spiro atoms. The molecule has 2 amide bonds. The molecule has 1 aromatic rings. The van der Waals surface area contributed by atoms with Crippen LogP contribution in [0.4, 0.5) is 0 Å². The summed E-state index contributed by atoms with van der Waals surface area (Å²) in [6.45, 7) is 8.02. The molecule has 2 heterocycles. The number of halogens is 1. The third kappa shape index (κ3) is 4.96. The zero-order chi connectivity index (χ0) is 22.2. The van der Waals surface area contributed by atoms with Crippen molar-refractivity contribution >= 4 is 34.2 Å². The SMILES string of the molecule is CCCN(C)Cc1ccc(C(=O)N2CC=C3[C@H]2[C@@H](C(C)C)C(=O)N3S(C)(=O)=O)cc1.Cl. The summed E-state index contributed by atoms with van der Waals surface area (Å²) >= 11 is 0. The van der Waals surface area contributed by atoms with Crippen LogP contribution in [0.5, 0.6) is 0 Å². The molecule has 1 aromatic carbocycles. The summed E-state index contributed by atoms with van der Waals surface area (Å²) in [5, 5.41) is 0.